The van der Waals surface area contributed by atoms with Crippen molar-refractivity contribution in [2.24, 2.45) is 11.7 Å². The lowest BCUT2D eigenvalue weighted by Crippen LogP contribution is -2.51. The first kappa shape index (κ1) is 39.5. The number of carbonyl (C=O) groups excluding carboxylic acids is 6. The van der Waals surface area contributed by atoms with Crippen LogP contribution in [-0.4, -0.2) is 118 Å². The van der Waals surface area contributed by atoms with Gasteiger partial charge < -0.3 is 41.1 Å². The summed E-state index contributed by atoms with van der Waals surface area (Å²) in [6, 6.07) is 11.5. The zero-order valence-electron chi connectivity index (χ0n) is 32.9. The molecule has 5 aliphatic rings. The fourth-order valence-electron chi connectivity index (χ4n) is 8.58. The number of fused-ring (bicyclic) bond motifs is 1. The third-order valence-corrected chi connectivity index (χ3v) is 11.9. The van der Waals surface area contributed by atoms with Crippen LogP contribution in [0.3, 0.4) is 0 Å². The molecule has 7 amide bonds. The van der Waals surface area contributed by atoms with Gasteiger partial charge in [-0.1, -0.05) is 24.8 Å². The van der Waals surface area contributed by atoms with Crippen molar-refractivity contribution < 1.29 is 33.5 Å². The summed E-state index contributed by atoms with van der Waals surface area (Å²) in [6.07, 6.45) is 6.31. The first-order chi connectivity index (χ1) is 28.4. The standard InChI is InChI=1S/C42H48N10O7/c1-24-13-14-32(39(55)45-24)52-40(56)31-12-3-7-25(34(31)41(52)57)8-6-18-59-30-19-26(20-30)38(54)47-28-10-4-9-27(21-28)46-37-35(36(43)53)44-22-33(48-37)50-15-5-11-29(23-50)51-17-16-49(2)42(51)58/h3-4,7,9-10,12,21-22,26,29-30,32H,1,5-6,8,11,13-20,23H2,2H3,(H2,43,53)(H,45,55)(H,46,48)(H,47,54)/t26?,29-,30?,32?/m1/s1. The summed E-state index contributed by atoms with van der Waals surface area (Å²) in [5.74, 6) is -1.65. The lowest BCUT2D eigenvalue weighted by Gasteiger charge is -2.37. The number of imide groups is 1. The van der Waals surface area contributed by atoms with Gasteiger partial charge in [0.05, 0.1) is 29.5 Å². The van der Waals surface area contributed by atoms with Crippen molar-refractivity contribution in [3.05, 3.63) is 83.3 Å². The van der Waals surface area contributed by atoms with Crippen molar-refractivity contribution in [2.75, 3.05) is 55.4 Å². The van der Waals surface area contributed by atoms with Crippen molar-refractivity contribution in [3.8, 4) is 0 Å². The van der Waals surface area contributed by atoms with E-state index in [-0.39, 0.29) is 41.5 Å². The van der Waals surface area contributed by atoms with Gasteiger partial charge in [0.1, 0.15) is 11.9 Å². The maximum Gasteiger partial charge on any atom is 0.320 e. The fourth-order valence-corrected chi connectivity index (χ4v) is 8.58. The normalized spacial score (nSPS) is 23.0. The highest BCUT2D eigenvalue weighted by Crippen LogP contribution is 2.34. The van der Waals surface area contributed by atoms with Crippen molar-refractivity contribution in [2.45, 2.75) is 69.6 Å². The van der Waals surface area contributed by atoms with E-state index in [0.717, 1.165) is 29.8 Å². The Morgan fingerprint density at radius 2 is 1.81 bits per heavy atom. The number of piperidine rings is 2. The molecule has 1 aliphatic carbocycles. The number of nitrogens with two attached hydrogens (primary N) is 1. The molecule has 3 aromatic rings. The minimum atomic E-state index is -0.861. The number of benzene rings is 2. The number of primary amides is 1. The van der Waals surface area contributed by atoms with Gasteiger partial charge in [0.25, 0.3) is 17.7 Å². The number of anilines is 4. The molecule has 4 fully saturated rings. The number of hydrogen-bond donors (Lipinski definition) is 4. The van der Waals surface area contributed by atoms with Gasteiger partial charge >= 0.3 is 6.03 Å². The molecule has 17 heteroatoms. The average molecular weight is 805 g/mol. The van der Waals surface area contributed by atoms with E-state index in [9.17, 15) is 28.8 Å². The summed E-state index contributed by atoms with van der Waals surface area (Å²) >= 11 is 0. The van der Waals surface area contributed by atoms with E-state index in [2.05, 4.69) is 32.4 Å². The zero-order chi connectivity index (χ0) is 41.4. The lowest BCUT2D eigenvalue weighted by molar-refractivity contribution is -0.128. The molecular weight excluding hydrogens is 757 g/mol. The summed E-state index contributed by atoms with van der Waals surface area (Å²) in [7, 11) is 1.81. The van der Waals surface area contributed by atoms with Crippen LogP contribution >= 0.6 is 0 Å². The fraction of sp³-hybridized carbons (Fsp3) is 0.429. The summed E-state index contributed by atoms with van der Waals surface area (Å²) in [4.78, 5) is 93.3. The van der Waals surface area contributed by atoms with E-state index in [1.54, 1.807) is 48.3 Å². The van der Waals surface area contributed by atoms with Crippen LogP contribution in [0, 0.1) is 5.92 Å². The van der Waals surface area contributed by atoms with E-state index < -0.39 is 29.7 Å². The molecule has 0 radical (unpaired) electrons. The van der Waals surface area contributed by atoms with Crippen molar-refractivity contribution in [1.82, 2.24) is 30.0 Å². The van der Waals surface area contributed by atoms with Crippen LogP contribution in [0.5, 0.6) is 0 Å². The maximum atomic E-state index is 13.4. The van der Waals surface area contributed by atoms with E-state index in [0.29, 0.717) is 98.8 Å². The Hall–Kier alpha value is -6.36. The highest BCUT2D eigenvalue weighted by atomic mass is 16.5. The third kappa shape index (κ3) is 8.06. The molecule has 1 saturated carbocycles. The Morgan fingerprint density at radius 3 is 2.58 bits per heavy atom. The van der Waals surface area contributed by atoms with Gasteiger partial charge in [0.2, 0.25) is 11.8 Å². The number of nitrogens with zero attached hydrogens (tertiary/aromatic N) is 6. The average Bonchev–Trinajstić information content (AvgIpc) is 3.67. The molecule has 2 atom stereocenters. The molecule has 1 aromatic heterocycles. The molecule has 8 rings (SSSR count). The first-order valence-electron chi connectivity index (χ1n) is 20.2. The van der Waals surface area contributed by atoms with Gasteiger partial charge in [-0.05, 0) is 81.2 Å². The van der Waals surface area contributed by atoms with Gasteiger partial charge in [0, 0.05) is 62.8 Å². The molecule has 2 aromatic carbocycles. The summed E-state index contributed by atoms with van der Waals surface area (Å²) < 4.78 is 6.06. The molecule has 1 unspecified atom stereocenters. The highest BCUT2D eigenvalue weighted by Gasteiger charge is 2.45. The quantitative estimate of drug-likeness (QED) is 0.145. The number of allylic oxidation sites excluding steroid dienone is 1. The van der Waals surface area contributed by atoms with Gasteiger partial charge in [-0.2, -0.15) is 0 Å². The van der Waals surface area contributed by atoms with Crippen LogP contribution < -0.4 is 26.6 Å². The van der Waals surface area contributed by atoms with Crippen LogP contribution in [0.15, 0.2) is 60.9 Å². The smallest absolute Gasteiger partial charge is 0.320 e. The molecule has 5 heterocycles. The van der Waals surface area contributed by atoms with Crippen LogP contribution in [0.1, 0.15) is 81.7 Å². The SMILES string of the molecule is C=C1CCC(N2C(=O)c3cccc(CCCOC4CC(C(=O)Nc5cccc(Nc6nc(N7CCC[C@@H](N8CCN(C)C8=O)C7)cnc6C(N)=O)c5)C4)c3C2=O)C(=O)N1. The van der Waals surface area contributed by atoms with Crippen molar-refractivity contribution in [3.63, 3.8) is 0 Å². The minimum absolute atomic E-state index is 0.0196. The summed E-state index contributed by atoms with van der Waals surface area (Å²) in [6.45, 7) is 6.91. The predicted molar refractivity (Wildman–Crippen MR) is 217 cm³/mol. The summed E-state index contributed by atoms with van der Waals surface area (Å²) in [5, 5.41) is 8.81. The van der Waals surface area contributed by atoms with Crippen LogP contribution in [0.4, 0.5) is 27.8 Å². The summed E-state index contributed by atoms with van der Waals surface area (Å²) in [5.41, 5.74) is 8.76. The topological polar surface area (TPSA) is 212 Å². The number of aryl methyl sites for hydroxylation is 1. The third-order valence-electron chi connectivity index (χ3n) is 11.9. The monoisotopic (exact) mass is 804 g/mol. The number of aromatic nitrogens is 2. The Bertz CT molecular complexity index is 2220. The molecule has 4 aliphatic heterocycles. The zero-order valence-corrected chi connectivity index (χ0v) is 32.9. The Morgan fingerprint density at radius 1 is 1.02 bits per heavy atom. The number of nitrogens with one attached hydrogen (secondary N) is 3. The van der Waals surface area contributed by atoms with E-state index in [1.807, 2.05) is 11.0 Å². The number of urea groups is 1. The van der Waals surface area contributed by atoms with Crippen molar-refractivity contribution >= 4 is 58.6 Å². The maximum absolute atomic E-state index is 13.4. The predicted octanol–water partition coefficient (Wildman–Crippen LogP) is 3.41. The molecule has 0 spiro atoms. The number of likely N-dealkylation sites (N-methyl/N-ethyl adjacent to an activating group) is 1. The number of ether oxygens (including phenoxy) is 1. The molecular formula is C42H48N10O7. The number of amides is 7. The highest BCUT2D eigenvalue weighted by molar-refractivity contribution is 6.23. The van der Waals surface area contributed by atoms with E-state index in [1.165, 1.54) is 6.20 Å². The minimum Gasteiger partial charge on any atom is -0.378 e. The Labute approximate surface area is 341 Å². The Balaban J connectivity index is 0.816. The van der Waals surface area contributed by atoms with Crippen LogP contribution in [0.25, 0.3) is 0 Å². The number of rotatable bonds is 13. The second-order valence-corrected chi connectivity index (χ2v) is 15.9. The van der Waals surface area contributed by atoms with Crippen LogP contribution in [-0.2, 0) is 20.7 Å². The van der Waals surface area contributed by atoms with Crippen LogP contribution in [0.2, 0.25) is 0 Å². The largest absolute Gasteiger partial charge is 0.378 e. The second-order valence-electron chi connectivity index (χ2n) is 15.9. The lowest BCUT2D eigenvalue weighted by atomic mass is 9.81. The molecule has 3 saturated heterocycles. The first-order valence-corrected chi connectivity index (χ1v) is 20.2. The second kappa shape index (κ2) is 16.5. The number of hydrogen-bond acceptors (Lipinski definition) is 11. The van der Waals surface area contributed by atoms with Gasteiger partial charge in [0.15, 0.2) is 11.5 Å². The van der Waals surface area contributed by atoms with E-state index >= 15 is 0 Å². The van der Waals surface area contributed by atoms with Gasteiger partial charge in [-0.15, -0.1) is 0 Å². The molecule has 5 N–H and O–H groups in total. The van der Waals surface area contributed by atoms with Crippen molar-refractivity contribution in [1.29, 1.82) is 0 Å². The Kier molecular flexibility index (Phi) is 11.0. The van der Waals surface area contributed by atoms with Gasteiger partial charge in [-0.3, -0.25) is 28.9 Å². The van der Waals surface area contributed by atoms with Gasteiger partial charge in [-0.25, -0.2) is 14.8 Å². The molecule has 17 nitrogen and oxygen atoms in total. The molecule has 0 bridgehead atoms. The number of carbonyl (C=O) groups is 6. The molecule has 59 heavy (non-hydrogen) atoms. The molecule has 308 valence electrons. The van der Waals surface area contributed by atoms with E-state index in [4.69, 9.17) is 15.5 Å².